The van der Waals surface area contributed by atoms with Crippen molar-refractivity contribution in [2.45, 2.75) is 0 Å². The number of hydrogen-bond acceptors (Lipinski definition) is 3. The number of halogens is 1. The lowest BCUT2D eigenvalue weighted by atomic mass is 10.3. The highest BCUT2D eigenvalue weighted by Crippen LogP contribution is 2.16. The first-order valence-corrected chi connectivity index (χ1v) is 7.28. The number of amides is 2. The second kappa shape index (κ2) is 7.07. The van der Waals surface area contributed by atoms with Crippen molar-refractivity contribution in [3.05, 3.63) is 53.6 Å². The summed E-state index contributed by atoms with van der Waals surface area (Å²) >= 11 is 3.38. The molecule has 0 saturated carbocycles. The average molecular weight is 325 g/mol. The molecule has 1 unspecified atom stereocenters. The Balaban J connectivity index is 1.93. The monoisotopic (exact) mass is 324 g/mol. The van der Waals surface area contributed by atoms with E-state index in [1.54, 1.807) is 36.4 Å². The molecule has 0 saturated heterocycles. The molecule has 1 atom stereocenters. The summed E-state index contributed by atoms with van der Waals surface area (Å²) in [5.74, 6) is 0. The highest BCUT2D eigenvalue weighted by molar-refractivity contribution is 7.80. The van der Waals surface area contributed by atoms with Crippen LogP contribution in [0.5, 0.6) is 0 Å². The normalized spacial score (nSPS) is 11.5. The van der Waals surface area contributed by atoms with Crippen LogP contribution in [0.25, 0.3) is 0 Å². The molecule has 8 heteroatoms. The maximum Gasteiger partial charge on any atom is 0.323 e. The van der Waals surface area contributed by atoms with Gasteiger partial charge in [-0.3, -0.25) is 4.21 Å². The molecule has 0 spiro atoms. The molecule has 0 aliphatic carbocycles. The van der Waals surface area contributed by atoms with Gasteiger partial charge in [-0.15, -0.1) is 0 Å². The number of nitrogens with one attached hydrogen (secondary N) is 3. The van der Waals surface area contributed by atoms with Gasteiger partial charge in [0.05, 0.1) is 0 Å². The molecule has 110 valence electrons. The minimum Gasteiger partial charge on any atom is -0.755 e. The summed E-state index contributed by atoms with van der Waals surface area (Å²) in [6.07, 6.45) is 0. The highest BCUT2D eigenvalue weighted by Gasteiger charge is 2.02. The van der Waals surface area contributed by atoms with E-state index in [1.165, 1.54) is 12.1 Å². The molecule has 0 radical (unpaired) electrons. The van der Waals surface area contributed by atoms with E-state index in [9.17, 15) is 13.6 Å². The van der Waals surface area contributed by atoms with Crippen molar-refractivity contribution >= 4 is 46.0 Å². The summed E-state index contributed by atoms with van der Waals surface area (Å²) in [6.45, 7) is 0. The Morgan fingerprint density at radius 1 is 0.905 bits per heavy atom. The molecule has 3 N–H and O–H groups in total. The molecule has 2 amide bonds. The van der Waals surface area contributed by atoms with Gasteiger partial charge in [0.1, 0.15) is 0 Å². The van der Waals surface area contributed by atoms with Gasteiger partial charge in [0.25, 0.3) is 0 Å². The molecule has 6 nitrogen and oxygen atoms in total. The van der Waals surface area contributed by atoms with Crippen LogP contribution in [0.3, 0.4) is 0 Å². The molecule has 21 heavy (non-hydrogen) atoms. The summed E-state index contributed by atoms with van der Waals surface area (Å²) < 4.78 is 23.1. The Hall–Kier alpha value is -2.09. The van der Waals surface area contributed by atoms with Crippen molar-refractivity contribution in [1.82, 2.24) is 0 Å². The zero-order chi connectivity index (χ0) is 15.2. The van der Waals surface area contributed by atoms with Crippen molar-refractivity contribution in [2.24, 2.45) is 0 Å². The second-order valence-electron chi connectivity index (χ2n) is 4.00. The van der Waals surface area contributed by atoms with E-state index in [-0.39, 0.29) is 0 Å². The van der Waals surface area contributed by atoms with Gasteiger partial charge in [0.15, 0.2) is 0 Å². The van der Waals surface area contributed by atoms with Gasteiger partial charge < -0.3 is 19.9 Å². The molecule has 0 aliphatic heterocycles. The lowest BCUT2D eigenvalue weighted by Gasteiger charge is -2.10. The van der Waals surface area contributed by atoms with Gasteiger partial charge in [-0.2, -0.15) is 0 Å². The first-order valence-electron chi connectivity index (χ1n) is 5.82. The van der Waals surface area contributed by atoms with Gasteiger partial charge in [-0.1, -0.05) is 11.6 Å². The van der Waals surface area contributed by atoms with Gasteiger partial charge in [-0.25, -0.2) is 4.79 Å². The number of hydrogen-bond donors (Lipinski definition) is 3. The van der Waals surface area contributed by atoms with Crippen LogP contribution in [-0.4, -0.2) is 14.8 Å². The van der Waals surface area contributed by atoms with E-state index >= 15 is 0 Å². The number of urea groups is 1. The lowest BCUT2D eigenvalue weighted by Crippen LogP contribution is -2.19. The van der Waals surface area contributed by atoms with Gasteiger partial charge in [-0.05, 0) is 48.5 Å². The zero-order valence-electron chi connectivity index (χ0n) is 10.6. The Morgan fingerprint density at radius 3 is 1.81 bits per heavy atom. The van der Waals surface area contributed by atoms with Crippen molar-refractivity contribution < 1.29 is 13.6 Å². The number of carbonyl (C=O) groups excluding carboxylic acids is 1. The van der Waals surface area contributed by atoms with Crippen LogP contribution in [0.1, 0.15) is 0 Å². The Morgan fingerprint density at radius 2 is 1.33 bits per heavy atom. The zero-order valence-corrected chi connectivity index (χ0v) is 12.2. The molecule has 0 bridgehead atoms. The summed E-state index contributed by atoms with van der Waals surface area (Å²) in [6, 6.07) is 12.5. The third kappa shape index (κ3) is 5.07. The summed E-state index contributed by atoms with van der Waals surface area (Å²) in [5.41, 5.74) is 1.55. The third-order valence-corrected chi connectivity index (χ3v) is 3.10. The molecule has 0 fully saturated rings. The van der Waals surface area contributed by atoms with E-state index < -0.39 is 17.3 Å². The van der Waals surface area contributed by atoms with Crippen molar-refractivity contribution in [3.63, 3.8) is 0 Å². The first-order chi connectivity index (χ1) is 10.0. The number of rotatable bonds is 4. The maximum absolute atomic E-state index is 11.8. The second-order valence-corrected chi connectivity index (χ2v) is 5.11. The third-order valence-electron chi connectivity index (χ3n) is 2.45. The molecule has 0 heterocycles. The van der Waals surface area contributed by atoms with Crippen molar-refractivity contribution in [3.8, 4) is 0 Å². The van der Waals surface area contributed by atoms with Crippen molar-refractivity contribution in [2.75, 3.05) is 15.4 Å². The van der Waals surface area contributed by atoms with Gasteiger partial charge >= 0.3 is 6.03 Å². The average Bonchev–Trinajstić information content (AvgIpc) is 2.43. The van der Waals surface area contributed by atoms with Crippen LogP contribution in [0.4, 0.5) is 21.9 Å². The van der Waals surface area contributed by atoms with E-state index in [4.69, 9.17) is 11.6 Å². The Labute approximate surface area is 128 Å². The quantitative estimate of drug-likeness (QED) is 0.754. The number of anilines is 3. The molecule has 0 aromatic heterocycles. The van der Waals surface area contributed by atoms with Gasteiger partial charge in [0, 0.05) is 33.4 Å². The standard InChI is InChI=1S/C13H12ClN3O3S/c14-9-1-3-10(4-2-9)15-13(18)16-11-5-7-12(8-6-11)17-21(19)20/h1-8,17H,(H,19,20)(H2,15,16,18)/p-1. The molecular formula is C13H11ClN3O3S-. The fourth-order valence-corrected chi connectivity index (χ4v) is 2.00. The minimum atomic E-state index is -2.37. The van der Waals surface area contributed by atoms with E-state index in [0.29, 0.717) is 22.1 Å². The van der Waals surface area contributed by atoms with Crippen LogP contribution in [-0.2, 0) is 11.3 Å². The predicted octanol–water partition coefficient (Wildman–Crippen LogP) is 3.19. The van der Waals surface area contributed by atoms with Crippen LogP contribution in [0.15, 0.2) is 48.5 Å². The molecule has 2 aromatic rings. The largest absolute Gasteiger partial charge is 0.755 e. The van der Waals surface area contributed by atoms with Crippen LogP contribution >= 0.6 is 11.6 Å². The fraction of sp³-hybridized carbons (Fsp3) is 0. The summed E-state index contributed by atoms with van der Waals surface area (Å²) in [5, 5.41) is 5.85. The lowest BCUT2D eigenvalue weighted by molar-refractivity contribution is 0.262. The molecular weight excluding hydrogens is 314 g/mol. The van der Waals surface area contributed by atoms with E-state index in [0.717, 1.165) is 0 Å². The maximum atomic E-state index is 11.8. The van der Waals surface area contributed by atoms with Crippen LogP contribution < -0.4 is 15.4 Å². The van der Waals surface area contributed by atoms with E-state index in [1.807, 2.05) is 0 Å². The van der Waals surface area contributed by atoms with Crippen molar-refractivity contribution in [1.29, 1.82) is 0 Å². The Kier molecular flexibility index (Phi) is 5.15. The minimum absolute atomic E-state index is 0.409. The topological polar surface area (TPSA) is 93.3 Å². The first kappa shape index (κ1) is 15.3. The van der Waals surface area contributed by atoms with E-state index in [2.05, 4.69) is 15.4 Å². The highest BCUT2D eigenvalue weighted by atomic mass is 35.5. The smallest absolute Gasteiger partial charge is 0.323 e. The molecule has 2 aromatic carbocycles. The summed E-state index contributed by atoms with van der Waals surface area (Å²) in [4.78, 5) is 11.8. The number of carbonyl (C=O) groups is 1. The number of benzene rings is 2. The molecule has 0 aliphatic rings. The summed E-state index contributed by atoms with van der Waals surface area (Å²) in [7, 11) is 0. The van der Waals surface area contributed by atoms with Gasteiger partial charge in [0.2, 0.25) is 0 Å². The van der Waals surface area contributed by atoms with Crippen LogP contribution in [0.2, 0.25) is 5.02 Å². The van der Waals surface area contributed by atoms with Crippen LogP contribution in [0, 0.1) is 0 Å². The Bertz CT molecular complexity index is 647. The molecule has 2 rings (SSSR count). The SMILES string of the molecule is O=C(Nc1ccc(Cl)cc1)Nc1ccc(NS(=O)[O-])cc1. The fourth-order valence-electron chi connectivity index (χ4n) is 1.54. The predicted molar refractivity (Wildman–Crippen MR) is 83.1 cm³/mol.